The van der Waals surface area contributed by atoms with Crippen LogP contribution in [0.15, 0.2) is 29.1 Å². The number of piperazine rings is 1. The number of β-amino-alcohol motifs (C(OH)–C–C–N with tert-alkyl or cyclic N) is 1. The van der Waals surface area contributed by atoms with E-state index >= 15 is 0 Å². The van der Waals surface area contributed by atoms with Gasteiger partial charge in [0.2, 0.25) is 10.0 Å². The molecule has 0 aliphatic carbocycles. The van der Waals surface area contributed by atoms with Crippen LogP contribution in [0.25, 0.3) is 11.0 Å². The standard InChI is InChI=1S/C26H40N6O5S/c1-18(2)31-23-6-4-5-7-24(23)32(26(31)35)25(34)27-19-14-20-8-9-21(15-19)30(20)17-22(33)16-28-10-12-29(13-11-28)38(3,36)37/h4-7,18-22,33H,8-17H2,1-3H3,(H,27,34)/t19-,20-,21+,22-/m0/s1. The molecule has 3 aliphatic rings. The Morgan fingerprint density at radius 3 is 2.21 bits per heavy atom. The molecule has 4 atom stereocenters. The quantitative estimate of drug-likeness (QED) is 0.527. The maximum absolute atomic E-state index is 13.3. The van der Waals surface area contributed by atoms with Crippen molar-refractivity contribution in [3.8, 4) is 0 Å². The summed E-state index contributed by atoms with van der Waals surface area (Å²) in [5, 5.41) is 14.0. The summed E-state index contributed by atoms with van der Waals surface area (Å²) in [4.78, 5) is 31.0. The number of rotatable bonds is 7. The molecular formula is C26H40N6O5S. The van der Waals surface area contributed by atoms with Crippen molar-refractivity contribution in [1.82, 2.24) is 28.6 Å². The average Bonchev–Trinajstić information content (AvgIpc) is 3.26. The highest BCUT2D eigenvalue weighted by Gasteiger charge is 2.42. The summed E-state index contributed by atoms with van der Waals surface area (Å²) in [7, 11) is -3.17. The van der Waals surface area contributed by atoms with Crippen LogP contribution in [-0.4, -0.2) is 113 Å². The molecule has 38 heavy (non-hydrogen) atoms. The number of nitrogens with one attached hydrogen (secondary N) is 1. The molecule has 12 heteroatoms. The highest BCUT2D eigenvalue weighted by atomic mass is 32.2. The largest absolute Gasteiger partial charge is 0.390 e. The van der Waals surface area contributed by atoms with E-state index in [0.717, 1.165) is 31.2 Å². The number of piperidine rings is 1. The lowest BCUT2D eigenvalue weighted by Gasteiger charge is -2.41. The number of benzene rings is 1. The minimum Gasteiger partial charge on any atom is -0.390 e. The number of carbonyl (C=O) groups is 1. The first-order valence-electron chi connectivity index (χ1n) is 13.7. The van der Waals surface area contributed by atoms with Gasteiger partial charge in [0.25, 0.3) is 0 Å². The Morgan fingerprint density at radius 2 is 1.63 bits per heavy atom. The van der Waals surface area contributed by atoms with Crippen LogP contribution in [0.1, 0.15) is 45.6 Å². The minimum atomic E-state index is -3.17. The Labute approximate surface area is 224 Å². The summed E-state index contributed by atoms with van der Waals surface area (Å²) in [5.41, 5.74) is 1.05. The summed E-state index contributed by atoms with van der Waals surface area (Å²) in [6, 6.07) is 7.50. The second kappa shape index (κ2) is 10.7. The molecule has 210 valence electrons. The van der Waals surface area contributed by atoms with Gasteiger partial charge in [-0.2, -0.15) is 4.31 Å². The number of nitrogens with zero attached hydrogens (tertiary/aromatic N) is 5. The fraction of sp³-hybridized carbons (Fsp3) is 0.692. The van der Waals surface area contributed by atoms with Gasteiger partial charge in [-0.1, -0.05) is 12.1 Å². The number of sulfonamides is 1. The highest BCUT2D eigenvalue weighted by molar-refractivity contribution is 7.88. The van der Waals surface area contributed by atoms with Crippen LogP contribution in [0.5, 0.6) is 0 Å². The molecule has 2 bridgehead atoms. The van der Waals surface area contributed by atoms with Crippen molar-refractivity contribution in [1.29, 1.82) is 0 Å². The van der Waals surface area contributed by atoms with Gasteiger partial charge < -0.3 is 10.4 Å². The lowest BCUT2D eigenvalue weighted by atomic mass is 9.97. The van der Waals surface area contributed by atoms with Crippen molar-refractivity contribution in [2.45, 2.75) is 69.8 Å². The number of amides is 1. The smallest absolute Gasteiger partial charge is 0.337 e. The predicted octanol–water partition coefficient (Wildman–Crippen LogP) is 0.875. The van der Waals surface area contributed by atoms with Gasteiger partial charge in [0.05, 0.1) is 23.4 Å². The molecule has 4 heterocycles. The summed E-state index contributed by atoms with van der Waals surface area (Å²) in [6.45, 7) is 7.14. The normalized spacial score (nSPS) is 26.3. The van der Waals surface area contributed by atoms with E-state index in [2.05, 4.69) is 15.1 Å². The molecule has 1 amide bonds. The number of para-hydroxylation sites is 2. The predicted molar refractivity (Wildman–Crippen MR) is 146 cm³/mol. The van der Waals surface area contributed by atoms with Crippen LogP contribution < -0.4 is 11.0 Å². The SMILES string of the molecule is CC(C)n1c(=O)n(C(=O)N[C@@H]2C[C@H]3CC[C@@H](C2)N3C[C@@H](O)CN2CCN(S(C)(=O)=O)CC2)c2ccccc21. The first kappa shape index (κ1) is 27.3. The Bertz CT molecular complexity index is 1320. The molecule has 0 unspecified atom stereocenters. The molecule has 0 spiro atoms. The summed E-state index contributed by atoms with van der Waals surface area (Å²) < 4.78 is 27.9. The van der Waals surface area contributed by atoms with Crippen LogP contribution >= 0.6 is 0 Å². The van der Waals surface area contributed by atoms with Crippen molar-refractivity contribution >= 4 is 27.1 Å². The third-order valence-electron chi connectivity index (χ3n) is 8.40. The van der Waals surface area contributed by atoms with Crippen LogP contribution in [0.3, 0.4) is 0 Å². The van der Waals surface area contributed by atoms with E-state index in [-0.39, 0.29) is 35.9 Å². The van der Waals surface area contributed by atoms with E-state index in [9.17, 15) is 23.1 Å². The van der Waals surface area contributed by atoms with Crippen LogP contribution in [0.4, 0.5) is 4.79 Å². The monoisotopic (exact) mass is 548 g/mol. The van der Waals surface area contributed by atoms with Gasteiger partial charge in [-0.15, -0.1) is 0 Å². The Balaban J connectivity index is 1.18. The molecular weight excluding hydrogens is 508 g/mol. The lowest BCUT2D eigenvalue weighted by molar-refractivity contribution is 0.0287. The molecule has 0 radical (unpaired) electrons. The van der Waals surface area contributed by atoms with E-state index in [1.807, 2.05) is 38.1 Å². The van der Waals surface area contributed by atoms with Crippen LogP contribution in [-0.2, 0) is 10.0 Å². The minimum absolute atomic E-state index is 0.0227. The molecule has 3 fully saturated rings. The molecule has 1 aromatic carbocycles. The van der Waals surface area contributed by atoms with Gasteiger partial charge in [-0.05, 0) is 51.7 Å². The molecule has 3 aliphatic heterocycles. The first-order chi connectivity index (χ1) is 18.0. The van der Waals surface area contributed by atoms with E-state index in [0.29, 0.717) is 44.8 Å². The molecule has 1 aromatic heterocycles. The third-order valence-corrected chi connectivity index (χ3v) is 9.70. The molecule has 11 nitrogen and oxygen atoms in total. The maximum atomic E-state index is 13.3. The van der Waals surface area contributed by atoms with Gasteiger partial charge >= 0.3 is 11.7 Å². The summed E-state index contributed by atoms with van der Waals surface area (Å²) >= 11 is 0. The Hall–Kier alpha value is -2.25. The molecule has 0 saturated carbocycles. The lowest BCUT2D eigenvalue weighted by Crippen LogP contribution is -2.55. The van der Waals surface area contributed by atoms with Gasteiger partial charge in [0, 0.05) is 63.4 Å². The second-order valence-corrected chi connectivity index (χ2v) is 13.4. The zero-order valence-corrected chi connectivity index (χ0v) is 23.3. The van der Waals surface area contributed by atoms with Crippen molar-refractivity contribution < 1.29 is 18.3 Å². The molecule has 2 aromatic rings. The number of hydrogen-bond acceptors (Lipinski definition) is 7. The van der Waals surface area contributed by atoms with Crippen molar-refractivity contribution in [3.63, 3.8) is 0 Å². The number of aromatic nitrogens is 2. The molecule has 3 saturated heterocycles. The van der Waals surface area contributed by atoms with Gasteiger partial charge in [-0.25, -0.2) is 22.6 Å². The van der Waals surface area contributed by atoms with Crippen molar-refractivity contribution in [3.05, 3.63) is 34.7 Å². The highest BCUT2D eigenvalue weighted by Crippen LogP contribution is 2.36. The Kier molecular flexibility index (Phi) is 7.71. The zero-order chi connectivity index (χ0) is 27.2. The van der Waals surface area contributed by atoms with Crippen molar-refractivity contribution in [2.75, 3.05) is 45.5 Å². The Morgan fingerprint density at radius 1 is 1.03 bits per heavy atom. The zero-order valence-electron chi connectivity index (χ0n) is 22.5. The second-order valence-electron chi connectivity index (χ2n) is 11.4. The van der Waals surface area contributed by atoms with E-state index in [1.54, 1.807) is 4.57 Å². The van der Waals surface area contributed by atoms with Crippen LogP contribution in [0, 0.1) is 0 Å². The van der Waals surface area contributed by atoms with Gasteiger partial charge in [0.15, 0.2) is 0 Å². The molecule has 5 rings (SSSR count). The fourth-order valence-electron chi connectivity index (χ4n) is 6.64. The number of fused-ring (bicyclic) bond motifs is 3. The topological polar surface area (TPSA) is 120 Å². The number of imidazole rings is 1. The third kappa shape index (κ3) is 5.42. The fourth-order valence-corrected chi connectivity index (χ4v) is 7.46. The first-order valence-corrected chi connectivity index (χ1v) is 15.5. The summed E-state index contributed by atoms with van der Waals surface area (Å²) in [5.74, 6) is 0. The number of hydrogen-bond donors (Lipinski definition) is 2. The number of carbonyl (C=O) groups excluding carboxylic acids is 1. The van der Waals surface area contributed by atoms with Crippen LogP contribution in [0.2, 0.25) is 0 Å². The molecule has 2 N–H and O–H groups in total. The van der Waals surface area contributed by atoms with Gasteiger partial charge in [-0.3, -0.25) is 14.4 Å². The average molecular weight is 549 g/mol. The summed E-state index contributed by atoms with van der Waals surface area (Å²) in [6.07, 6.45) is 4.36. The number of aliphatic hydroxyl groups is 1. The van der Waals surface area contributed by atoms with E-state index in [1.165, 1.54) is 15.1 Å². The maximum Gasteiger partial charge on any atom is 0.337 e. The number of aliphatic hydroxyl groups excluding tert-OH is 1. The van der Waals surface area contributed by atoms with E-state index < -0.39 is 16.1 Å². The van der Waals surface area contributed by atoms with Crippen molar-refractivity contribution in [2.24, 2.45) is 0 Å². The van der Waals surface area contributed by atoms with E-state index in [4.69, 9.17) is 0 Å². The van der Waals surface area contributed by atoms with Gasteiger partial charge in [0.1, 0.15) is 0 Å².